The first kappa shape index (κ1) is 25.9. The van der Waals surface area contributed by atoms with E-state index in [1.54, 1.807) is 15.8 Å². The molecule has 0 spiro atoms. The van der Waals surface area contributed by atoms with Crippen LogP contribution in [0.1, 0.15) is 62.6 Å². The van der Waals surface area contributed by atoms with Gasteiger partial charge in [0, 0.05) is 36.8 Å². The van der Waals surface area contributed by atoms with Gasteiger partial charge < -0.3 is 9.47 Å². The van der Waals surface area contributed by atoms with Gasteiger partial charge in [0.1, 0.15) is 5.75 Å². The normalized spacial score (nSPS) is 20.4. The molecule has 0 radical (unpaired) electrons. The summed E-state index contributed by atoms with van der Waals surface area (Å²) in [5, 5.41) is 4.54. The highest BCUT2D eigenvalue weighted by molar-refractivity contribution is 5.92. The van der Waals surface area contributed by atoms with Gasteiger partial charge in [-0.15, -0.1) is 0 Å². The maximum absolute atomic E-state index is 16.1. The molecule has 6 rings (SSSR count). The second kappa shape index (κ2) is 11.0. The van der Waals surface area contributed by atoms with Gasteiger partial charge in [-0.05, 0) is 69.6 Å². The van der Waals surface area contributed by atoms with Crippen LogP contribution in [-0.4, -0.2) is 53.1 Å². The van der Waals surface area contributed by atoms with E-state index in [1.165, 1.54) is 12.7 Å². The molecule has 1 aromatic heterocycles. The van der Waals surface area contributed by atoms with Gasteiger partial charge in [0.2, 0.25) is 5.95 Å². The number of carbonyl (C=O) groups is 1. The molecular formula is C31H37FN4O3. The van der Waals surface area contributed by atoms with Crippen LogP contribution < -0.4 is 9.64 Å². The van der Waals surface area contributed by atoms with E-state index in [-0.39, 0.29) is 30.2 Å². The molecule has 2 aliphatic heterocycles. The van der Waals surface area contributed by atoms with E-state index < -0.39 is 0 Å². The summed E-state index contributed by atoms with van der Waals surface area (Å²) in [6.45, 7) is 4.75. The van der Waals surface area contributed by atoms with E-state index in [2.05, 4.69) is 34.3 Å². The van der Waals surface area contributed by atoms with Crippen molar-refractivity contribution in [2.45, 2.75) is 76.6 Å². The molecule has 1 unspecified atom stereocenters. The number of fused-ring (bicyclic) bond motifs is 1. The SMILES string of the molecule is COC(=O)N1c2ccc(-c3cnn(C4CCN(Cc5ccccc5)CC4)c3F)c(OC3CCC3)c2CCC1C. The molecule has 1 aliphatic carbocycles. The molecule has 1 atom stereocenters. The van der Waals surface area contributed by atoms with Crippen molar-refractivity contribution < 1.29 is 18.7 Å². The highest BCUT2D eigenvalue weighted by Gasteiger charge is 2.34. The summed E-state index contributed by atoms with van der Waals surface area (Å²) >= 11 is 0. The van der Waals surface area contributed by atoms with Crippen molar-refractivity contribution in [3.8, 4) is 16.9 Å². The fourth-order valence-electron chi connectivity index (χ4n) is 6.13. The molecule has 206 valence electrons. The summed E-state index contributed by atoms with van der Waals surface area (Å²) < 4.78 is 29.2. The number of rotatable bonds is 6. The van der Waals surface area contributed by atoms with E-state index >= 15 is 4.39 Å². The van der Waals surface area contributed by atoms with Crippen LogP contribution in [0.2, 0.25) is 0 Å². The Balaban J connectivity index is 1.27. The number of aromatic nitrogens is 2. The summed E-state index contributed by atoms with van der Waals surface area (Å²) in [6, 6.07) is 14.3. The molecular weight excluding hydrogens is 495 g/mol. The van der Waals surface area contributed by atoms with Crippen molar-refractivity contribution in [2.75, 3.05) is 25.1 Å². The minimum Gasteiger partial charge on any atom is -0.489 e. The molecule has 1 saturated heterocycles. The number of nitrogens with zero attached hydrogens (tertiary/aromatic N) is 4. The van der Waals surface area contributed by atoms with Crippen molar-refractivity contribution in [3.05, 3.63) is 65.7 Å². The standard InChI is InChI=1S/C31H37FN4O3/c1-21-11-12-26-28(35(21)31(37)38-2)14-13-25(29(26)39-24-9-6-10-24)27-19-33-36(30(27)32)23-15-17-34(18-16-23)20-22-7-4-3-5-8-22/h3-5,7-8,13-14,19,21,23-24H,6,9-12,15-18,20H2,1-2H3. The van der Waals surface area contributed by atoms with E-state index in [0.29, 0.717) is 16.9 Å². The lowest BCUT2D eigenvalue weighted by Crippen LogP contribution is -2.42. The number of methoxy groups -OCH3 is 1. The molecule has 0 bridgehead atoms. The van der Waals surface area contributed by atoms with Crippen molar-refractivity contribution >= 4 is 11.8 Å². The van der Waals surface area contributed by atoms with Crippen LogP contribution in [0.15, 0.2) is 48.7 Å². The van der Waals surface area contributed by atoms with Crippen LogP contribution in [-0.2, 0) is 17.7 Å². The molecule has 0 N–H and O–H groups in total. The highest BCUT2D eigenvalue weighted by atomic mass is 19.1. The van der Waals surface area contributed by atoms with Gasteiger partial charge in [0.25, 0.3) is 0 Å². The van der Waals surface area contributed by atoms with Gasteiger partial charge in [-0.3, -0.25) is 9.80 Å². The molecule has 8 heteroatoms. The Morgan fingerprint density at radius 2 is 1.79 bits per heavy atom. The Labute approximate surface area is 229 Å². The second-order valence-corrected chi connectivity index (χ2v) is 11.1. The summed E-state index contributed by atoms with van der Waals surface area (Å²) in [7, 11) is 1.40. The Kier molecular flexibility index (Phi) is 7.30. The smallest absolute Gasteiger partial charge is 0.414 e. The zero-order chi connectivity index (χ0) is 26.9. The molecule has 39 heavy (non-hydrogen) atoms. The largest absolute Gasteiger partial charge is 0.489 e. The fourth-order valence-corrected chi connectivity index (χ4v) is 6.13. The van der Waals surface area contributed by atoms with Crippen LogP contribution in [0.5, 0.6) is 5.75 Å². The van der Waals surface area contributed by atoms with Gasteiger partial charge in [0.05, 0.1) is 36.7 Å². The van der Waals surface area contributed by atoms with Crippen molar-refractivity contribution in [2.24, 2.45) is 0 Å². The van der Waals surface area contributed by atoms with E-state index in [0.717, 1.165) is 75.8 Å². The number of piperidine rings is 1. The zero-order valence-electron chi connectivity index (χ0n) is 22.8. The Morgan fingerprint density at radius 1 is 1.03 bits per heavy atom. The number of benzene rings is 2. The molecule has 3 heterocycles. The van der Waals surface area contributed by atoms with Crippen molar-refractivity contribution in [3.63, 3.8) is 0 Å². The number of hydrogen-bond donors (Lipinski definition) is 0. The molecule has 7 nitrogen and oxygen atoms in total. The summed E-state index contributed by atoms with van der Waals surface area (Å²) in [5.41, 5.74) is 4.21. The van der Waals surface area contributed by atoms with E-state index in [9.17, 15) is 4.79 Å². The molecule has 2 fully saturated rings. The van der Waals surface area contributed by atoms with E-state index in [1.807, 2.05) is 25.1 Å². The Morgan fingerprint density at radius 3 is 2.49 bits per heavy atom. The number of carbonyl (C=O) groups excluding carboxylic acids is 1. The first-order chi connectivity index (χ1) is 19.0. The third-order valence-electron chi connectivity index (χ3n) is 8.63. The van der Waals surface area contributed by atoms with Crippen LogP contribution >= 0.6 is 0 Å². The third kappa shape index (κ3) is 5.02. The lowest BCUT2D eigenvalue weighted by Gasteiger charge is -2.37. The second-order valence-electron chi connectivity index (χ2n) is 11.1. The molecule has 3 aromatic rings. The number of amides is 1. The predicted octanol–water partition coefficient (Wildman–Crippen LogP) is 6.37. The number of anilines is 1. The number of ether oxygens (including phenoxy) is 2. The van der Waals surface area contributed by atoms with Crippen LogP contribution in [0.25, 0.3) is 11.1 Å². The molecule has 2 aromatic carbocycles. The van der Waals surface area contributed by atoms with Crippen molar-refractivity contribution in [1.29, 1.82) is 0 Å². The molecule has 1 saturated carbocycles. The predicted molar refractivity (Wildman–Crippen MR) is 149 cm³/mol. The summed E-state index contributed by atoms with van der Waals surface area (Å²) in [4.78, 5) is 16.8. The summed E-state index contributed by atoms with van der Waals surface area (Å²) in [5.74, 6) is 0.373. The van der Waals surface area contributed by atoms with Gasteiger partial charge >= 0.3 is 6.09 Å². The van der Waals surface area contributed by atoms with Gasteiger partial charge in [-0.2, -0.15) is 9.49 Å². The van der Waals surface area contributed by atoms with Gasteiger partial charge in [-0.1, -0.05) is 30.3 Å². The van der Waals surface area contributed by atoms with E-state index in [4.69, 9.17) is 9.47 Å². The van der Waals surface area contributed by atoms with Gasteiger partial charge in [-0.25, -0.2) is 9.48 Å². The topological polar surface area (TPSA) is 59.8 Å². The zero-order valence-corrected chi connectivity index (χ0v) is 22.8. The quantitative estimate of drug-likeness (QED) is 0.370. The first-order valence-electron chi connectivity index (χ1n) is 14.2. The van der Waals surface area contributed by atoms with Crippen LogP contribution in [0.4, 0.5) is 14.9 Å². The van der Waals surface area contributed by atoms with Crippen LogP contribution in [0, 0.1) is 5.95 Å². The maximum atomic E-state index is 16.1. The summed E-state index contributed by atoms with van der Waals surface area (Å²) in [6.07, 6.45) is 7.74. The first-order valence-corrected chi connectivity index (χ1v) is 14.2. The third-order valence-corrected chi connectivity index (χ3v) is 8.63. The lowest BCUT2D eigenvalue weighted by molar-refractivity contribution is 0.119. The minimum absolute atomic E-state index is 0.0135. The maximum Gasteiger partial charge on any atom is 0.414 e. The fraction of sp³-hybridized carbons (Fsp3) is 0.484. The highest BCUT2D eigenvalue weighted by Crippen LogP contribution is 2.45. The molecule has 1 amide bonds. The Hall–Kier alpha value is -3.39. The number of hydrogen-bond acceptors (Lipinski definition) is 5. The average Bonchev–Trinajstić information content (AvgIpc) is 3.31. The Bertz CT molecular complexity index is 1310. The number of likely N-dealkylation sites (tertiary alicyclic amines) is 1. The van der Waals surface area contributed by atoms with Crippen LogP contribution in [0.3, 0.4) is 0 Å². The monoisotopic (exact) mass is 532 g/mol. The molecule has 3 aliphatic rings. The minimum atomic E-state index is -0.386. The van der Waals surface area contributed by atoms with Crippen molar-refractivity contribution in [1.82, 2.24) is 14.7 Å². The van der Waals surface area contributed by atoms with Gasteiger partial charge in [0.15, 0.2) is 0 Å². The lowest BCUT2D eigenvalue weighted by atomic mass is 9.91. The number of halogens is 1. The average molecular weight is 533 g/mol.